The molecule has 1 atom stereocenters. The lowest BCUT2D eigenvalue weighted by atomic mass is 9.97. The zero-order chi connectivity index (χ0) is 18.9. The van der Waals surface area contributed by atoms with Crippen molar-refractivity contribution in [1.82, 2.24) is 20.5 Å². The summed E-state index contributed by atoms with van der Waals surface area (Å²) >= 11 is 0. The number of carbonyl (C=O) groups is 1. The first-order valence-corrected chi connectivity index (χ1v) is 10.2. The van der Waals surface area contributed by atoms with E-state index in [2.05, 4.69) is 49.7 Å². The molecular formula is C22H25N5O. The third-order valence-electron chi connectivity index (χ3n) is 5.91. The summed E-state index contributed by atoms with van der Waals surface area (Å²) in [6.07, 6.45) is 6.36. The largest absolute Gasteiger partial charge is 0.361 e. The lowest BCUT2D eigenvalue weighted by Crippen LogP contribution is -2.43. The summed E-state index contributed by atoms with van der Waals surface area (Å²) < 4.78 is 0. The van der Waals surface area contributed by atoms with E-state index in [4.69, 9.17) is 0 Å². The predicted octanol–water partition coefficient (Wildman–Crippen LogP) is 3.37. The van der Waals surface area contributed by atoms with Gasteiger partial charge in [0, 0.05) is 42.7 Å². The highest BCUT2D eigenvalue weighted by Gasteiger charge is 2.28. The van der Waals surface area contributed by atoms with Crippen LogP contribution in [0.5, 0.6) is 0 Å². The average molecular weight is 375 g/mol. The van der Waals surface area contributed by atoms with E-state index in [-0.39, 0.29) is 11.8 Å². The second-order valence-corrected chi connectivity index (χ2v) is 7.95. The van der Waals surface area contributed by atoms with Crippen LogP contribution in [0.25, 0.3) is 10.9 Å². The highest BCUT2D eigenvalue weighted by Crippen LogP contribution is 2.38. The first kappa shape index (κ1) is 17.2. The van der Waals surface area contributed by atoms with E-state index in [1.165, 1.54) is 18.2 Å². The van der Waals surface area contributed by atoms with Crippen LogP contribution in [0.1, 0.15) is 42.9 Å². The number of rotatable bonds is 5. The molecule has 1 saturated carbocycles. The Labute approximate surface area is 164 Å². The number of hydrogen-bond acceptors (Lipinski definition) is 4. The van der Waals surface area contributed by atoms with E-state index in [9.17, 15) is 4.79 Å². The highest BCUT2D eigenvalue weighted by atomic mass is 16.1. The number of piperidine rings is 1. The predicted molar refractivity (Wildman–Crippen MR) is 109 cm³/mol. The SMILES string of the molecule is O=C(NCc1c[nH]c2ccccc12)C1CCCN(c2ccc(C3CC3)nn2)C1. The van der Waals surface area contributed by atoms with E-state index >= 15 is 0 Å². The average Bonchev–Trinajstić information content (AvgIpc) is 3.53. The van der Waals surface area contributed by atoms with E-state index in [0.29, 0.717) is 19.0 Å². The van der Waals surface area contributed by atoms with E-state index in [0.717, 1.165) is 42.0 Å². The van der Waals surface area contributed by atoms with Gasteiger partial charge in [-0.2, -0.15) is 5.10 Å². The van der Waals surface area contributed by atoms with E-state index < -0.39 is 0 Å². The molecule has 1 aliphatic carbocycles. The lowest BCUT2D eigenvalue weighted by molar-refractivity contribution is -0.125. The minimum atomic E-state index is -0.0103. The summed E-state index contributed by atoms with van der Waals surface area (Å²) in [5.41, 5.74) is 3.33. The second kappa shape index (κ2) is 7.26. The van der Waals surface area contributed by atoms with Gasteiger partial charge in [0.1, 0.15) is 0 Å². The summed E-state index contributed by atoms with van der Waals surface area (Å²) in [5, 5.41) is 13.1. The topological polar surface area (TPSA) is 73.9 Å². The molecular weight excluding hydrogens is 350 g/mol. The summed E-state index contributed by atoms with van der Waals surface area (Å²) in [4.78, 5) is 18.2. The fourth-order valence-electron chi connectivity index (χ4n) is 4.10. The smallest absolute Gasteiger partial charge is 0.225 e. The molecule has 5 rings (SSSR count). The van der Waals surface area contributed by atoms with Crippen LogP contribution >= 0.6 is 0 Å². The van der Waals surface area contributed by atoms with Gasteiger partial charge in [0.15, 0.2) is 5.82 Å². The van der Waals surface area contributed by atoms with Crippen molar-refractivity contribution >= 4 is 22.6 Å². The Bertz CT molecular complexity index is 976. The molecule has 2 fully saturated rings. The number of aromatic amines is 1. The van der Waals surface area contributed by atoms with Crippen LogP contribution in [0.2, 0.25) is 0 Å². The van der Waals surface area contributed by atoms with Crippen molar-refractivity contribution < 1.29 is 4.79 Å². The lowest BCUT2D eigenvalue weighted by Gasteiger charge is -2.32. The molecule has 2 aliphatic rings. The first-order valence-electron chi connectivity index (χ1n) is 10.2. The van der Waals surface area contributed by atoms with Crippen molar-refractivity contribution in [2.75, 3.05) is 18.0 Å². The summed E-state index contributed by atoms with van der Waals surface area (Å²) in [7, 11) is 0. The Morgan fingerprint density at radius 3 is 2.86 bits per heavy atom. The quantitative estimate of drug-likeness (QED) is 0.717. The number of fused-ring (bicyclic) bond motifs is 1. The zero-order valence-corrected chi connectivity index (χ0v) is 15.9. The number of amides is 1. The van der Waals surface area contributed by atoms with E-state index in [1.807, 2.05) is 18.3 Å². The summed E-state index contributed by atoms with van der Waals surface area (Å²) in [5.74, 6) is 1.62. The van der Waals surface area contributed by atoms with Crippen LogP contribution in [0.15, 0.2) is 42.6 Å². The minimum Gasteiger partial charge on any atom is -0.361 e. The third-order valence-corrected chi connectivity index (χ3v) is 5.91. The van der Waals surface area contributed by atoms with E-state index in [1.54, 1.807) is 0 Å². The zero-order valence-electron chi connectivity index (χ0n) is 15.9. The van der Waals surface area contributed by atoms with Crippen molar-refractivity contribution in [3.05, 3.63) is 53.9 Å². The number of H-pyrrole nitrogens is 1. The molecule has 2 N–H and O–H groups in total. The third kappa shape index (κ3) is 3.46. The van der Waals surface area contributed by atoms with Gasteiger partial charge in [-0.3, -0.25) is 4.79 Å². The first-order chi connectivity index (χ1) is 13.8. The molecule has 1 aromatic carbocycles. The fourth-order valence-corrected chi connectivity index (χ4v) is 4.10. The molecule has 0 spiro atoms. The van der Waals surface area contributed by atoms with Crippen LogP contribution in [-0.4, -0.2) is 34.2 Å². The molecule has 6 heteroatoms. The number of carbonyl (C=O) groups excluding carboxylic acids is 1. The number of benzene rings is 1. The van der Waals surface area contributed by atoms with Gasteiger partial charge in [-0.15, -0.1) is 5.10 Å². The molecule has 6 nitrogen and oxygen atoms in total. The molecule has 3 heterocycles. The van der Waals surface area contributed by atoms with Gasteiger partial charge in [0.2, 0.25) is 5.91 Å². The van der Waals surface area contributed by atoms with Gasteiger partial charge in [-0.05, 0) is 49.4 Å². The fraction of sp³-hybridized carbons (Fsp3) is 0.409. The van der Waals surface area contributed by atoms with Crippen molar-refractivity contribution in [2.24, 2.45) is 5.92 Å². The molecule has 0 radical (unpaired) electrons. The van der Waals surface area contributed by atoms with Gasteiger partial charge < -0.3 is 15.2 Å². The Hall–Kier alpha value is -2.89. The number of aromatic nitrogens is 3. The van der Waals surface area contributed by atoms with Crippen molar-refractivity contribution in [3.8, 4) is 0 Å². The molecule has 1 saturated heterocycles. The standard InChI is InChI=1S/C22H25N5O/c28-22(24-13-17-12-23-20-6-2-1-5-18(17)20)16-4-3-11-27(14-16)21-10-9-19(25-26-21)15-7-8-15/h1-2,5-6,9-10,12,15-16,23H,3-4,7-8,11,13-14H2,(H,24,28). The number of nitrogens with zero attached hydrogens (tertiary/aromatic N) is 3. The molecule has 1 aliphatic heterocycles. The van der Waals surface area contributed by atoms with Crippen LogP contribution in [0.3, 0.4) is 0 Å². The molecule has 1 unspecified atom stereocenters. The van der Waals surface area contributed by atoms with Crippen LogP contribution in [-0.2, 0) is 11.3 Å². The van der Waals surface area contributed by atoms with Gasteiger partial charge in [-0.25, -0.2) is 0 Å². The molecule has 144 valence electrons. The molecule has 3 aromatic rings. The van der Waals surface area contributed by atoms with Crippen molar-refractivity contribution in [1.29, 1.82) is 0 Å². The molecule has 2 aromatic heterocycles. The Morgan fingerprint density at radius 1 is 1.14 bits per heavy atom. The van der Waals surface area contributed by atoms with Gasteiger partial charge >= 0.3 is 0 Å². The van der Waals surface area contributed by atoms with Crippen LogP contribution < -0.4 is 10.2 Å². The van der Waals surface area contributed by atoms with Gasteiger partial charge in [-0.1, -0.05) is 18.2 Å². The maximum atomic E-state index is 12.8. The second-order valence-electron chi connectivity index (χ2n) is 7.95. The minimum absolute atomic E-state index is 0.0103. The van der Waals surface area contributed by atoms with Crippen molar-refractivity contribution in [2.45, 2.75) is 38.1 Å². The van der Waals surface area contributed by atoms with Crippen LogP contribution in [0.4, 0.5) is 5.82 Å². The van der Waals surface area contributed by atoms with Crippen molar-refractivity contribution in [3.63, 3.8) is 0 Å². The molecule has 0 bridgehead atoms. The maximum absolute atomic E-state index is 12.8. The highest BCUT2D eigenvalue weighted by molar-refractivity contribution is 5.84. The summed E-state index contributed by atoms with van der Waals surface area (Å²) in [6.45, 7) is 2.19. The Kier molecular flexibility index (Phi) is 4.47. The molecule has 28 heavy (non-hydrogen) atoms. The van der Waals surface area contributed by atoms with Gasteiger partial charge in [0.25, 0.3) is 0 Å². The van der Waals surface area contributed by atoms with Gasteiger partial charge in [0.05, 0.1) is 11.6 Å². The molecule has 1 amide bonds. The normalized spacial score (nSPS) is 19.7. The number of hydrogen-bond donors (Lipinski definition) is 2. The number of nitrogens with one attached hydrogen (secondary N) is 2. The Morgan fingerprint density at radius 2 is 2.04 bits per heavy atom. The number of anilines is 1. The maximum Gasteiger partial charge on any atom is 0.225 e. The monoisotopic (exact) mass is 375 g/mol. The van der Waals surface area contributed by atoms with Crippen LogP contribution in [0, 0.1) is 5.92 Å². The number of para-hydroxylation sites is 1. The summed E-state index contributed by atoms with van der Waals surface area (Å²) in [6, 6.07) is 12.3. The Balaban J connectivity index is 1.21.